The van der Waals surface area contributed by atoms with Gasteiger partial charge < -0.3 is 5.73 Å². The van der Waals surface area contributed by atoms with Gasteiger partial charge in [-0.3, -0.25) is 4.99 Å². The molecule has 0 bridgehead atoms. The van der Waals surface area contributed by atoms with Crippen molar-refractivity contribution >= 4 is 39.4 Å². The number of aliphatic imine (C=N–C) groups is 1. The molecule has 0 aliphatic carbocycles. The summed E-state index contributed by atoms with van der Waals surface area (Å²) in [5, 5.41) is 0.638. The summed E-state index contributed by atoms with van der Waals surface area (Å²) in [5.41, 5.74) is 7.43. The van der Waals surface area contributed by atoms with Gasteiger partial charge in [-0.05, 0) is 49.2 Å². The number of benzene rings is 2. The average molecular weight is 409 g/mol. The maximum absolute atomic E-state index is 14.2. The standard InChI is InChI=1S/C20H22ClFN2O2S/c1-20(2,19(23)24-3)27(25,26)13-16-12-15(8-11-18(16)22)5-4-14-6-9-17(21)10-7-14/h4-12H,13H2,1-3H3,(H2,23,24)/b5-4+. The third-order valence-corrected chi connectivity index (χ3v) is 7.10. The normalized spacial score (nSPS) is 13.3. The number of amidine groups is 1. The lowest BCUT2D eigenvalue weighted by Gasteiger charge is -2.24. The molecule has 0 saturated carbocycles. The highest BCUT2D eigenvalue weighted by atomic mass is 35.5. The minimum atomic E-state index is -3.77. The molecule has 2 aromatic carbocycles. The quantitative estimate of drug-likeness (QED) is 0.439. The Morgan fingerprint density at radius 3 is 2.30 bits per heavy atom. The van der Waals surface area contributed by atoms with Crippen molar-refractivity contribution in [2.75, 3.05) is 7.05 Å². The molecule has 2 rings (SSSR count). The zero-order chi connectivity index (χ0) is 20.2. The van der Waals surface area contributed by atoms with Crippen LogP contribution in [0.4, 0.5) is 4.39 Å². The Morgan fingerprint density at radius 2 is 1.70 bits per heavy atom. The zero-order valence-corrected chi connectivity index (χ0v) is 17.0. The van der Waals surface area contributed by atoms with E-state index in [2.05, 4.69) is 4.99 Å². The fourth-order valence-electron chi connectivity index (χ4n) is 2.39. The van der Waals surface area contributed by atoms with Crippen molar-refractivity contribution in [1.29, 1.82) is 0 Å². The molecule has 7 heteroatoms. The zero-order valence-electron chi connectivity index (χ0n) is 15.4. The summed E-state index contributed by atoms with van der Waals surface area (Å²) in [6.45, 7) is 2.93. The molecule has 0 aromatic heterocycles. The molecule has 0 spiro atoms. The Hall–Kier alpha value is -2.18. The highest BCUT2D eigenvalue weighted by molar-refractivity contribution is 7.92. The number of sulfone groups is 1. The van der Waals surface area contributed by atoms with Crippen LogP contribution in [-0.2, 0) is 15.6 Å². The molecule has 27 heavy (non-hydrogen) atoms. The van der Waals surface area contributed by atoms with Gasteiger partial charge in [-0.1, -0.05) is 42.0 Å². The van der Waals surface area contributed by atoms with Crippen molar-refractivity contribution in [3.63, 3.8) is 0 Å². The predicted octanol–water partition coefficient (Wildman–Crippen LogP) is 4.33. The molecule has 0 fully saturated rings. The van der Waals surface area contributed by atoms with E-state index in [9.17, 15) is 12.8 Å². The Labute approximate surface area is 164 Å². The van der Waals surface area contributed by atoms with E-state index in [1.54, 1.807) is 24.3 Å². The van der Waals surface area contributed by atoms with Gasteiger partial charge in [-0.25, -0.2) is 12.8 Å². The van der Waals surface area contributed by atoms with Crippen molar-refractivity contribution in [3.05, 3.63) is 70.0 Å². The van der Waals surface area contributed by atoms with Crippen LogP contribution in [0.3, 0.4) is 0 Å². The van der Waals surface area contributed by atoms with E-state index in [-0.39, 0.29) is 11.4 Å². The van der Waals surface area contributed by atoms with Gasteiger partial charge in [0.1, 0.15) is 16.4 Å². The third-order valence-electron chi connectivity index (χ3n) is 4.39. The molecule has 144 valence electrons. The molecule has 0 amide bonds. The van der Waals surface area contributed by atoms with Crippen LogP contribution in [0, 0.1) is 5.82 Å². The second-order valence-corrected chi connectivity index (χ2v) is 9.59. The molecule has 0 heterocycles. The maximum Gasteiger partial charge on any atom is 0.166 e. The van der Waals surface area contributed by atoms with Crippen LogP contribution in [0.2, 0.25) is 5.02 Å². The highest BCUT2D eigenvalue weighted by Crippen LogP contribution is 2.24. The number of halogens is 2. The second kappa shape index (κ2) is 8.23. The van der Waals surface area contributed by atoms with E-state index >= 15 is 0 Å². The van der Waals surface area contributed by atoms with Gasteiger partial charge in [0.15, 0.2) is 9.84 Å². The van der Waals surface area contributed by atoms with Gasteiger partial charge >= 0.3 is 0 Å². The van der Waals surface area contributed by atoms with Crippen molar-refractivity contribution in [2.45, 2.75) is 24.3 Å². The molecule has 0 radical (unpaired) electrons. The van der Waals surface area contributed by atoms with Gasteiger partial charge in [0.05, 0.1) is 5.75 Å². The first kappa shape index (κ1) is 21.1. The van der Waals surface area contributed by atoms with Gasteiger partial charge in [-0.2, -0.15) is 0 Å². The van der Waals surface area contributed by atoms with Crippen molar-refractivity contribution in [3.8, 4) is 0 Å². The second-order valence-electron chi connectivity index (χ2n) is 6.61. The number of nitrogens with two attached hydrogens (primary N) is 1. The van der Waals surface area contributed by atoms with Crippen LogP contribution in [0.25, 0.3) is 12.2 Å². The number of hydrogen-bond acceptors (Lipinski definition) is 3. The predicted molar refractivity (Wildman–Crippen MR) is 111 cm³/mol. The average Bonchev–Trinajstić information content (AvgIpc) is 2.62. The minimum Gasteiger partial charge on any atom is -0.386 e. The Bertz CT molecular complexity index is 982. The Morgan fingerprint density at radius 1 is 1.15 bits per heavy atom. The summed E-state index contributed by atoms with van der Waals surface area (Å²) >= 11 is 5.86. The van der Waals surface area contributed by atoms with Crippen LogP contribution in [-0.4, -0.2) is 26.0 Å². The first-order valence-electron chi connectivity index (χ1n) is 8.24. The number of hydrogen-bond donors (Lipinski definition) is 1. The summed E-state index contributed by atoms with van der Waals surface area (Å²) in [4.78, 5) is 3.78. The maximum atomic E-state index is 14.2. The largest absolute Gasteiger partial charge is 0.386 e. The fraction of sp³-hybridized carbons (Fsp3) is 0.250. The molecule has 0 atom stereocenters. The lowest BCUT2D eigenvalue weighted by atomic mass is 10.1. The van der Waals surface area contributed by atoms with Gasteiger partial charge in [0, 0.05) is 17.6 Å². The summed E-state index contributed by atoms with van der Waals surface area (Å²) in [5.74, 6) is -1.06. The van der Waals surface area contributed by atoms with E-state index in [1.807, 2.05) is 18.2 Å². The molecular formula is C20H22ClFN2O2S. The summed E-state index contributed by atoms with van der Waals surface area (Å²) in [6, 6.07) is 11.6. The Balaban J connectivity index is 2.31. The molecule has 0 aliphatic rings. The molecule has 0 aliphatic heterocycles. The van der Waals surface area contributed by atoms with Crippen LogP contribution in [0.15, 0.2) is 47.5 Å². The van der Waals surface area contributed by atoms with Crippen molar-refractivity contribution < 1.29 is 12.8 Å². The fourth-order valence-corrected chi connectivity index (χ4v) is 3.92. The number of nitrogens with zero attached hydrogens (tertiary/aromatic N) is 1. The number of rotatable bonds is 6. The van der Waals surface area contributed by atoms with Crippen LogP contribution in [0.1, 0.15) is 30.5 Å². The molecule has 0 unspecified atom stereocenters. The SMILES string of the molecule is CN=C(N)C(C)(C)S(=O)(=O)Cc1cc(/C=C/c2ccc(Cl)cc2)ccc1F. The van der Waals surface area contributed by atoms with Crippen molar-refractivity contribution in [1.82, 2.24) is 0 Å². The first-order valence-corrected chi connectivity index (χ1v) is 10.3. The molecule has 4 nitrogen and oxygen atoms in total. The van der Waals surface area contributed by atoms with E-state index in [4.69, 9.17) is 17.3 Å². The smallest absolute Gasteiger partial charge is 0.166 e. The van der Waals surface area contributed by atoms with Crippen LogP contribution in [0.5, 0.6) is 0 Å². The monoisotopic (exact) mass is 408 g/mol. The molecule has 2 aromatic rings. The Kier molecular flexibility index (Phi) is 6.44. The van der Waals surface area contributed by atoms with Crippen LogP contribution >= 0.6 is 11.6 Å². The topological polar surface area (TPSA) is 72.5 Å². The summed E-state index contributed by atoms with van der Waals surface area (Å²) < 4.78 is 38.3. The molecule has 2 N–H and O–H groups in total. The first-order chi connectivity index (χ1) is 12.6. The van der Waals surface area contributed by atoms with E-state index in [1.165, 1.54) is 33.0 Å². The van der Waals surface area contributed by atoms with Gasteiger partial charge in [0.2, 0.25) is 0 Å². The molecule has 0 saturated heterocycles. The third kappa shape index (κ3) is 4.96. The van der Waals surface area contributed by atoms with E-state index < -0.39 is 26.2 Å². The summed E-state index contributed by atoms with van der Waals surface area (Å²) in [7, 11) is -2.34. The lowest BCUT2D eigenvalue weighted by Crippen LogP contribution is -2.46. The minimum absolute atomic E-state index is 0.0123. The van der Waals surface area contributed by atoms with Crippen molar-refractivity contribution in [2.24, 2.45) is 10.7 Å². The van der Waals surface area contributed by atoms with Gasteiger partial charge in [-0.15, -0.1) is 0 Å². The van der Waals surface area contributed by atoms with Crippen LogP contribution < -0.4 is 5.73 Å². The summed E-state index contributed by atoms with van der Waals surface area (Å²) in [6.07, 6.45) is 3.62. The highest BCUT2D eigenvalue weighted by Gasteiger charge is 2.38. The molecular weight excluding hydrogens is 387 g/mol. The van der Waals surface area contributed by atoms with E-state index in [0.29, 0.717) is 10.6 Å². The lowest BCUT2D eigenvalue weighted by molar-refractivity contribution is 0.570. The van der Waals surface area contributed by atoms with E-state index in [0.717, 1.165) is 5.56 Å². The van der Waals surface area contributed by atoms with Gasteiger partial charge in [0.25, 0.3) is 0 Å².